The van der Waals surface area contributed by atoms with Gasteiger partial charge in [-0.05, 0) is 19.1 Å². The lowest BCUT2D eigenvalue weighted by molar-refractivity contribution is -0.304. The van der Waals surface area contributed by atoms with Crippen LogP contribution in [0.5, 0.6) is 0 Å². The minimum Gasteiger partial charge on any atom is -0.549 e. The molecule has 2 heterocycles. The Hall–Kier alpha value is -2.65. The quantitative estimate of drug-likeness (QED) is 0.461. The van der Waals surface area contributed by atoms with E-state index in [1.54, 1.807) is 24.3 Å². The van der Waals surface area contributed by atoms with E-state index in [1.165, 1.54) is 25.6 Å². The highest BCUT2D eigenvalue weighted by molar-refractivity contribution is 8.00. The summed E-state index contributed by atoms with van der Waals surface area (Å²) in [6.45, 7) is 1.43. The Labute approximate surface area is 162 Å². The molecule has 8 nitrogen and oxygen atoms in total. The second-order valence-corrected chi connectivity index (χ2v) is 7.55. The number of hydrogen-bond acceptors (Lipinski definition) is 7. The average molecular weight is 406 g/mol. The van der Waals surface area contributed by atoms with Crippen molar-refractivity contribution in [3.05, 3.63) is 50.1 Å². The minimum atomic E-state index is -1.30. The third-order valence-corrected chi connectivity index (χ3v) is 5.40. The van der Waals surface area contributed by atoms with Crippen LogP contribution in [0.15, 0.2) is 38.9 Å². The highest BCUT2D eigenvalue weighted by Gasteiger charge is 2.20. The van der Waals surface area contributed by atoms with E-state index in [2.05, 4.69) is 9.97 Å². The zero-order valence-electron chi connectivity index (χ0n) is 14.6. The van der Waals surface area contributed by atoms with E-state index < -0.39 is 22.5 Å². The number of nitrogens with zero attached hydrogens (tertiary/aromatic N) is 4. The van der Waals surface area contributed by atoms with Gasteiger partial charge in [-0.3, -0.25) is 13.9 Å². The van der Waals surface area contributed by atoms with Crippen molar-refractivity contribution >= 4 is 40.4 Å². The lowest BCUT2D eigenvalue weighted by Crippen LogP contribution is -2.38. The predicted octanol–water partition coefficient (Wildman–Crippen LogP) is 0.578. The van der Waals surface area contributed by atoms with Crippen molar-refractivity contribution in [3.8, 4) is 11.4 Å². The van der Waals surface area contributed by atoms with Gasteiger partial charge in [0.15, 0.2) is 11.5 Å². The number of aryl methyl sites for hydroxylation is 1. The van der Waals surface area contributed by atoms with Crippen LogP contribution in [0.2, 0.25) is 5.02 Å². The van der Waals surface area contributed by atoms with Crippen LogP contribution < -0.4 is 16.4 Å². The third-order valence-electron chi connectivity index (χ3n) is 4.00. The first-order chi connectivity index (χ1) is 12.7. The molecule has 3 rings (SSSR count). The summed E-state index contributed by atoms with van der Waals surface area (Å²) in [7, 11) is 2.81. The lowest BCUT2D eigenvalue weighted by Gasteiger charge is -2.15. The first-order valence-corrected chi connectivity index (χ1v) is 9.08. The molecule has 0 saturated heterocycles. The zero-order valence-corrected chi connectivity index (χ0v) is 16.2. The number of aliphatic carboxylic acids is 1. The maximum absolute atomic E-state index is 12.7. The van der Waals surface area contributed by atoms with Gasteiger partial charge in [-0.15, -0.1) is 0 Å². The maximum atomic E-state index is 12.7. The Morgan fingerprint density at radius 2 is 1.85 bits per heavy atom. The molecule has 140 valence electrons. The van der Waals surface area contributed by atoms with Crippen molar-refractivity contribution in [2.75, 3.05) is 0 Å². The molecule has 27 heavy (non-hydrogen) atoms. The molecule has 0 fully saturated rings. The molecular weight excluding hydrogens is 392 g/mol. The standard InChI is InChI=1S/C17H15ClN4O4S/c1-8(16(24)25)27-14-11-13(21(2)17(26)22(3)15(11)23)19-12(20-14)9-6-4-5-7-10(9)18/h4-8H,1-3H3,(H,24,25)/p-1/t8-/m0/s1. The van der Waals surface area contributed by atoms with E-state index in [9.17, 15) is 19.5 Å². The molecule has 0 N–H and O–H groups in total. The smallest absolute Gasteiger partial charge is 0.332 e. The Morgan fingerprint density at radius 1 is 1.19 bits per heavy atom. The van der Waals surface area contributed by atoms with Crippen molar-refractivity contribution in [3.63, 3.8) is 0 Å². The molecule has 0 radical (unpaired) electrons. The molecule has 0 aliphatic heterocycles. The number of thioether (sulfide) groups is 1. The molecule has 0 aliphatic carbocycles. The highest BCUT2D eigenvalue weighted by atomic mass is 35.5. The number of rotatable bonds is 4. The molecule has 0 aliphatic rings. The van der Waals surface area contributed by atoms with E-state index in [0.717, 1.165) is 16.3 Å². The van der Waals surface area contributed by atoms with E-state index in [4.69, 9.17) is 11.6 Å². The average Bonchev–Trinajstić information content (AvgIpc) is 2.64. The van der Waals surface area contributed by atoms with Crippen LogP contribution in [0.4, 0.5) is 0 Å². The van der Waals surface area contributed by atoms with Gasteiger partial charge in [0.1, 0.15) is 10.4 Å². The van der Waals surface area contributed by atoms with E-state index in [-0.39, 0.29) is 21.9 Å². The molecule has 1 atom stereocenters. The van der Waals surface area contributed by atoms with Crippen LogP contribution in [0.1, 0.15) is 6.92 Å². The predicted molar refractivity (Wildman–Crippen MR) is 101 cm³/mol. The van der Waals surface area contributed by atoms with Crippen molar-refractivity contribution in [1.29, 1.82) is 0 Å². The van der Waals surface area contributed by atoms with Crippen molar-refractivity contribution in [1.82, 2.24) is 19.1 Å². The first kappa shape index (κ1) is 19.1. The Balaban J connectivity index is 2.42. The summed E-state index contributed by atoms with van der Waals surface area (Å²) in [5.41, 5.74) is -0.565. The lowest BCUT2D eigenvalue weighted by atomic mass is 10.2. The molecule has 3 aromatic rings. The number of benzene rings is 1. The van der Waals surface area contributed by atoms with Gasteiger partial charge in [-0.2, -0.15) is 0 Å². The van der Waals surface area contributed by atoms with Gasteiger partial charge >= 0.3 is 5.69 Å². The maximum Gasteiger partial charge on any atom is 0.332 e. The molecule has 0 spiro atoms. The van der Waals surface area contributed by atoms with Gasteiger partial charge < -0.3 is 9.90 Å². The summed E-state index contributed by atoms with van der Waals surface area (Å²) in [6.07, 6.45) is 0. The largest absolute Gasteiger partial charge is 0.549 e. The molecule has 1 aromatic carbocycles. The summed E-state index contributed by atoms with van der Waals surface area (Å²) in [4.78, 5) is 44.9. The topological polar surface area (TPSA) is 110 Å². The fourth-order valence-corrected chi connectivity index (χ4v) is 3.58. The van der Waals surface area contributed by atoms with E-state index >= 15 is 0 Å². The summed E-state index contributed by atoms with van der Waals surface area (Å²) in [6, 6.07) is 6.84. The number of aromatic nitrogens is 4. The van der Waals surface area contributed by atoms with E-state index in [1.807, 2.05) is 0 Å². The van der Waals surface area contributed by atoms with Crippen molar-refractivity contribution in [2.24, 2.45) is 14.1 Å². The van der Waals surface area contributed by atoms with Crippen LogP contribution in [0.3, 0.4) is 0 Å². The Bertz CT molecular complexity index is 1190. The molecule has 0 bridgehead atoms. The number of carboxylic acids is 1. The summed E-state index contributed by atoms with van der Waals surface area (Å²) in [5.74, 6) is -1.11. The highest BCUT2D eigenvalue weighted by Crippen LogP contribution is 2.31. The fourth-order valence-electron chi connectivity index (χ4n) is 2.49. The van der Waals surface area contributed by atoms with Crippen molar-refractivity contribution < 1.29 is 9.90 Å². The summed E-state index contributed by atoms with van der Waals surface area (Å²) >= 11 is 7.07. The van der Waals surface area contributed by atoms with Crippen LogP contribution in [0, 0.1) is 0 Å². The molecule has 0 amide bonds. The number of carboxylic acid groups (broad SMARTS) is 1. The second-order valence-electron chi connectivity index (χ2n) is 5.82. The summed E-state index contributed by atoms with van der Waals surface area (Å²) in [5, 5.41) is 10.8. The second kappa shape index (κ2) is 7.16. The van der Waals surface area contributed by atoms with Crippen LogP contribution in [-0.4, -0.2) is 30.3 Å². The SMILES string of the molecule is C[C@H](Sc1nc(-c2ccccc2Cl)nc2c1c(=O)n(C)c(=O)n2C)C(=O)[O-]. The number of halogens is 1. The van der Waals surface area contributed by atoms with Crippen molar-refractivity contribution in [2.45, 2.75) is 17.2 Å². The van der Waals surface area contributed by atoms with Crippen LogP contribution in [-0.2, 0) is 18.9 Å². The Morgan fingerprint density at radius 3 is 2.48 bits per heavy atom. The van der Waals surface area contributed by atoms with Gasteiger partial charge in [0.2, 0.25) is 0 Å². The Kier molecular flexibility index (Phi) is 5.07. The zero-order chi connectivity index (χ0) is 19.9. The number of carbonyl (C=O) groups is 1. The number of fused-ring (bicyclic) bond motifs is 1. The number of carbonyl (C=O) groups excluding carboxylic acids is 1. The first-order valence-electron chi connectivity index (χ1n) is 7.82. The van der Waals surface area contributed by atoms with Gasteiger partial charge in [0.05, 0.1) is 11.0 Å². The fraction of sp³-hybridized carbons (Fsp3) is 0.235. The minimum absolute atomic E-state index is 0.0634. The van der Waals surface area contributed by atoms with Gasteiger partial charge in [-0.25, -0.2) is 14.8 Å². The third kappa shape index (κ3) is 3.35. The molecule has 0 unspecified atom stereocenters. The summed E-state index contributed by atoms with van der Waals surface area (Å²) < 4.78 is 2.14. The normalized spacial score (nSPS) is 12.3. The molecule has 0 saturated carbocycles. The van der Waals surface area contributed by atoms with Crippen LogP contribution >= 0.6 is 23.4 Å². The molecule has 10 heteroatoms. The van der Waals surface area contributed by atoms with Gasteiger partial charge in [-0.1, -0.05) is 35.5 Å². The monoisotopic (exact) mass is 405 g/mol. The van der Waals surface area contributed by atoms with Gasteiger partial charge in [0.25, 0.3) is 5.56 Å². The number of hydrogen-bond donors (Lipinski definition) is 0. The van der Waals surface area contributed by atoms with Gasteiger partial charge in [0, 0.05) is 24.9 Å². The van der Waals surface area contributed by atoms with Crippen LogP contribution in [0.25, 0.3) is 22.4 Å². The molecule has 2 aromatic heterocycles. The van der Waals surface area contributed by atoms with E-state index in [0.29, 0.717) is 10.6 Å². The molecular formula is C17H14ClN4O4S-.